The Morgan fingerprint density at radius 1 is 1.08 bits per heavy atom. The summed E-state index contributed by atoms with van der Waals surface area (Å²) in [6, 6.07) is 6.21. The Morgan fingerprint density at radius 2 is 1.90 bits per heavy atom. The summed E-state index contributed by atoms with van der Waals surface area (Å²) in [4.78, 5) is 22.4. The fraction of sp³-hybridized carbons (Fsp3) is 0.464. The number of nitrogens with one attached hydrogen (secondary N) is 1. The lowest BCUT2D eigenvalue weighted by Gasteiger charge is -2.39. The summed E-state index contributed by atoms with van der Waals surface area (Å²) >= 11 is 0. The predicted molar refractivity (Wildman–Crippen MR) is 149 cm³/mol. The molecule has 0 radical (unpaired) electrons. The molecule has 0 amide bonds. The third kappa shape index (κ3) is 5.90. The molecule has 39 heavy (non-hydrogen) atoms. The molecule has 1 saturated heterocycles. The highest BCUT2D eigenvalue weighted by molar-refractivity contribution is 5.83. The summed E-state index contributed by atoms with van der Waals surface area (Å²) < 4.78 is 22.1. The van der Waals surface area contributed by atoms with Crippen LogP contribution in [0.15, 0.2) is 36.8 Å². The van der Waals surface area contributed by atoms with Crippen molar-refractivity contribution in [1.29, 1.82) is 0 Å². The molecular weight excluding hydrogens is 497 g/mol. The Labute approximate surface area is 228 Å². The van der Waals surface area contributed by atoms with Gasteiger partial charge in [-0.05, 0) is 24.7 Å². The van der Waals surface area contributed by atoms with E-state index in [1.54, 1.807) is 13.3 Å². The number of nitrogens with zero attached hydrogens (tertiary/aromatic N) is 8. The summed E-state index contributed by atoms with van der Waals surface area (Å²) in [5, 5.41) is 8.50. The largest absolute Gasteiger partial charge is 0.383 e. The van der Waals surface area contributed by atoms with E-state index < -0.39 is 5.82 Å². The van der Waals surface area contributed by atoms with E-state index in [1.165, 1.54) is 6.20 Å². The number of aromatic nitrogens is 6. The van der Waals surface area contributed by atoms with Crippen molar-refractivity contribution in [3.63, 3.8) is 0 Å². The number of methoxy groups -OCH3 is 1. The highest BCUT2D eigenvalue weighted by Crippen LogP contribution is 2.32. The van der Waals surface area contributed by atoms with Crippen LogP contribution in [-0.4, -0.2) is 86.0 Å². The highest BCUT2D eigenvalue weighted by atomic mass is 19.1. The maximum atomic E-state index is 14.9. The van der Waals surface area contributed by atoms with Gasteiger partial charge < -0.3 is 10.1 Å². The van der Waals surface area contributed by atoms with Crippen molar-refractivity contribution < 1.29 is 9.13 Å². The van der Waals surface area contributed by atoms with Crippen molar-refractivity contribution in [2.24, 2.45) is 7.05 Å². The average molecular weight is 534 g/mol. The van der Waals surface area contributed by atoms with Gasteiger partial charge in [-0.2, -0.15) is 5.10 Å². The number of rotatable bonds is 7. The fourth-order valence-corrected chi connectivity index (χ4v) is 5.22. The van der Waals surface area contributed by atoms with Gasteiger partial charge in [-0.3, -0.25) is 14.5 Å². The van der Waals surface area contributed by atoms with Gasteiger partial charge in [0.05, 0.1) is 18.5 Å². The molecule has 0 saturated carbocycles. The summed E-state index contributed by atoms with van der Waals surface area (Å²) in [6.07, 6.45) is 4.62. The van der Waals surface area contributed by atoms with Gasteiger partial charge in [-0.1, -0.05) is 26.8 Å². The minimum absolute atomic E-state index is 0.158. The van der Waals surface area contributed by atoms with Gasteiger partial charge in [0, 0.05) is 75.1 Å². The van der Waals surface area contributed by atoms with Crippen LogP contribution in [0.3, 0.4) is 0 Å². The lowest BCUT2D eigenvalue weighted by molar-refractivity contribution is 0.0374. The Bertz CT molecular complexity index is 1450. The van der Waals surface area contributed by atoms with Gasteiger partial charge in [-0.15, -0.1) is 0 Å². The summed E-state index contributed by atoms with van der Waals surface area (Å²) in [7, 11) is 5.79. The zero-order valence-corrected chi connectivity index (χ0v) is 23.4. The van der Waals surface area contributed by atoms with Gasteiger partial charge in [-0.25, -0.2) is 24.3 Å². The van der Waals surface area contributed by atoms with E-state index in [0.29, 0.717) is 23.1 Å². The predicted octanol–water partition coefficient (Wildman–Crippen LogP) is 3.76. The molecule has 1 unspecified atom stereocenters. The van der Waals surface area contributed by atoms with Gasteiger partial charge >= 0.3 is 0 Å². The molecule has 11 heteroatoms. The zero-order valence-electron chi connectivity index (χ0n) is 23.4. The molecule has 1 aliphatic heterocycles. The monoisotopic (exact) mass is 533 g/mol. The van der Waals surface area contributed by atoms with E-state index in [9.17, 15) is 4.39 Å². The number of piperazine rings is 1. The average Bonchev–Trinajstić information content (AvgIpc) is 3.24. The smallest absolute Gasteiger partial charge is 0.229 e. The molecule has 1 atom stereocenters. The second kappa shape index (κ2) is 10.9. The molecule has 0 bridgehead atoms. The van der Waals surface area contributed by atoms with Crippen molar-refractivity contribution in [1.82, 2.24) is 39.5 Å². The van der Waals surface area contributed by atoms with E-state index in [0.717, 1.165) is 49.4 Å². The van der Waals surface area contributed by atoms with E-state index in [4.69, 9.17) is 4.74 Å². The number of aryl methyl sites for hydroxylation is 1. The first-order chi connectivity index (χ1) is 18.6. The van der Waals surface area contributed by atoms with Crippen LogP contribution in [0.1, 0.15) is 32.0 Å². The number of likely N-dealkylation sites (N-methyl/N-ethyl adjacent to an activating group) is 1. The number of pyridine rings is 2. The number of anilines is 2. The molecule has 206 valence electrons. The van der Waals surface area contributed by atoms with Crippen LogP contribution in [0.2, 0.25) is 0 Å². The SMILES string of the molecule is COCC1CN(Cc2ccc(Nc3ncc(F)c(-c4cnc5nn(C)c(C(C)(C)C)c5c4)n3)nc2)CCN1C. The second-order valence-corrected chi connectivity index (χ2v) is 11.2. The normalized spacial score (nSPS) is 17.2. The Hall–Kier alpha value is -3.54. The van der Waals surface area contributed by atoms with Crippen LogP contribution in [0.4, 0.5) is 16.2 Å². The third-order valence-corrected chi connectivity index (χ3v) is 7.11. The van der Waals surface area contributed by atoms with E-state index in [-0.39, 0.29) is 17.1 Å². The Kier molecular flexibility index (Phi) is 7.57. The van der Waals surface area contributed by atoms with Crippen LogP contribution in [0.5, 0.6) is 0 Å². The summed E-state index contributed by atoms with van der Waals surface area (Å²) in [6.45, 7) is 10.8. The van der Waals surface area contributed by atoms with E-state index in [2.05, 4.69) is 68.0 Å². The van der Waals surface area contributed by atoms with Gasteiger partial charge in [0.25, 0.3) is 0 Å². The van der Waals surface area contributed by atoms with Crippen LogP contribution < -0.4 is 5.32 Å². The molecule has 4 aromatic heterocycles. The van der Waals surface area contributed by atoms with Crippen LogP contribution in [-0.2, 0) is 23.7 Å². The molecular formula is C28H36FN9O. The Morgan fingerprint density at radius 3 is 2.62 bits per heavy atom. The van der Waals surface area contributed by atoms with Crippen molar-refractivity contribution in [2.75, 3.05) is 45.7 Å². The first-order valence-electron chi connectivity index (χ1n) is 13.1. The van der Waals surface area contributed by atoms with Gasteiger partial charge in [0.15, 0.2) is 11.5 Å². The molecule has 0 aliphatic carbocycles. The van der Waals surface area contributed by atoms with Gasteiger partial charge in [0.2, 0.25) is 5.95 Å². The first-order valence-corrected chi connectivity index (χ1v) is 13.1. The van der Waals surface area contributed by atoms with Crippen molar-refractivity contribution in [3.05, 3.63) is 53.9 Å². The van der Waals surface area contributed by atoms with Crippen LogP contribution >= 0.6 is 0 Å². The fourth-order valence-electron chi connectivity index (χ4n) is 5.22. The first kappa shape index (κ1) is 27.0. The minimum Gasteiger partial charge on any atom is -0.383 e. The molecule has 0 spiro atoms. The maximum absolute atomic E-state index is 14.9. The molecule has 1 aliphatic rings. The third-order valence-electron chi connectivity index (χ3n) is 7.11. The van der Waals surface area contributed by atoms with Crippen molar-refractivity contribution in [3.8, 4) is 11.3 Å². The summed E-state index contributed by atoms with van der Waals surface area (Å²) in [5.74, 6) is 0.323. The number of ether oxygens (including phenoxy) is 1. The molecule has 5 heterocycles. The quantitative estimate of drug-likeness (QED) is 0.381. The molecule has 10 nitrogen and oxygen atoms in total. The zero-order chi connectivity index (χ0) is 27.7. The highest BCUT2D eigenvalue weighted by Gasteiger charge is 2.25. The van der Waals surface area contributed by atoms with Gasteiger partial charge in [0.1, 0.15) is 11.5 Å². The number of fused-ring (bicyclic) bond motifs is 1. The van der Waals surface area contributed by atoms with Crippen molar-refractivity contribution in [2.45, 2.75) is 38.8 Å². The standard InChI is InChI=1S/C28H36FN9O/c1-28(2,3)25-21-11-19(13-31-26(21)35-37(25)5)24-22(29)14-32-27(34-24)33-23-8-7-18(12-30-23)15-38-10-9-36(4)20(16-38)17-39-6/h7-8,11-14,20H,9-10,15-17H2,1-6H3,(H,30,32,33,34). The van der Waals surface area contributed by atoms with Crippen LogP contribution in [0.25, 0.3) is 22.3 Å². The molecule has 1 N–H and O–H groups in total. The molecule has 0 aromatic carbocycles. The van der Waals surface area contributed by atoms with Crippen LogP contribution in [0, 0.1) is 5.82 Å². The molecule has 1 fully saturated rings. The Balaban J connectivity index is 1.32. The second-order valence-electron chi connectivity index (χ2n) is 11.2. The number of hydrogen-bond donors (Lipinski definition) is 1. The number of hydrogen-bond acceptors (Lipinski definition) is 9. The number of halogens is 1. The molecule has 5 rings (SSSR count). The lowest BCUT2D eigenvalue weighted by atomic mass is 9.89. The maximum Gasteiger partial charge on any atom is 0.229 e. The van der Waals surface area contributed by atoms with E-state index in [1.807, 2.05) is 36.1 Å². The topological polar surface area (TPSA) is 97.1 Å². The molecule has 4 aromatic rings. The minimum atomic E-state index is -0.523. The summed E-state index contributed by atoms with van der Waals surface area (Å²) in [5.41, 5.74) is 3.33. The van der Waals surface area contributed by atoms with E-state index >= 15 is 0 Å². The van der Waals surface area contributed by atoms with Crippen molar-refractivity contribution >= 4 is 22.8 Å². The lowest BCUT2D eigenvalue weighted by Crippen LogP contribution is -2.52.